The predicted molar refractivity (Wildman–Crippen MR) is 248 cm³/mol. The van der Waals surface area contributed by atoms with E-state index in [4.69, 9.17) is 16.1 Å². The molecular weight excluding hydrogens is 938 g/mol. The molecular formula is C47H46ClF3N6RuS3. The Hall–Kier alpha value is -4.39. The first-order valence-corrected chi connectivity index (χ1v) is 24.6. The molecule has 7 aromatic rings. The molecule has 61 heavy (non-hydrogen) atoms. The van der Waals surface area contributed by atoms with E-state index in [1.165, 1.54) is 67.2 Å². The van der Waals surface area contributed by atoms with Gasteiger partial charge in [0.2, 0.25) is 0 Å². The van der Waals surface area contributed by atoms with Gasteiger partial charge in [-0.1, -0.05) is 40.0 Å². The number of aromatic nitrogens is 4. The van der Waals surface area contributed by atoms with Crippen molar-refractivity contribution in [2.75, 3.05) is 0 Å². The fourth-order valence-electron chi connectivity index (χ4n) is 6.35. The summed E-state index contributed by atoms with van der Waals surface area (Å²) in [5.74, 6) is 0. The summed E-state index contributed by atoms with van der Waals surface area (Å²) in [5.41, 5.74) is 15.3. The van der Waals surface area contributed by atoms with Gasteiger partial charge >= 0.3 is 33.2 Å². The normalized spacial score (nSPS) is 11.4. The second-order valence-electron chi connectivity index (χ2n) is 14.0. The van der Waals surface area contributed by atoms with Gasteiger partial charge in [-0.15, -0.1) is 39.7 Å². The zero-order valence-electron chi connectivity index (χ0n) is 34.2. The zero-order valence-corrected chi connectivity index (χ0v) is 39.2. The number of nitrogens with zero attached hydrogens (tertiary/aromatic N) is 4. The minimum atomic E-state index is -4.76. The van der Waals surface area contributed by atoms with Crippen molar-refractivity contribution in [1.82, 2.24) is 19.9 Å². The predicted octanol–water partition coefficient (Wildman–Crippen LogP) is 15.7. The van der Waals surface area contributed by atoms with Crippen LogP contribution in [0.4, 0.5) is 13.2 Å². The Balaban J connectivity index is 0.000000229. The van der Waals surface area contributed by atoms with Crippen LogP contribution in [0.15, 0.2) is 109 Å². The molecule has 6 nitrogen and oxygen atoms in total. The molecule has 0 radical (unpaired) electrons. The summed E-state index contributed by atoms with van der Waals surface area (Å²) in [4.78, 5) is 24.5. The summed E-state index contributed by atoms with van der Waals surface area (Å²) in [6, 6.07) is 27.0. The maximum atomic E-state index is 12.5. The molecule has 0 unspecified atom stereocenters. The Morgan fingerprint density at radius 3 is 2.02 bits per heavy atom. The van der Waals surface area contributed by atoms with Crippen LogP contribution in [0.25, 0.3) is 64.8 Å². The average Bonchev–Trinajstić information content (AvgIpc) is 4.08. The summed E-state index contributed by atoms with van der Waals surface area (Å²) >= 11 is 7.05. The second-order valence-corrected chi connectivity index (χ2v) is 17.3. The van der Waals surface area contributed by atoms with Gasteiger partial charge in [0.15, 0.2) is 0 Å². The molecule has 318 valence electrons. The SMILES string of the molecule is CCCCCCc1ccsc1-c1ccnc(/C([NH-])=C/C(=N)C(F)(F)F)c1.CCc1ccnc(-c2cc(CC)cc(-c3cc(-c4ccc(-c5ccc(C)s5)s4)ccn3)n2)c1.[Cl][Ru+]. The minimum absolute atomic E-state index is 0.127. The number of alkyl halides is 3. The van der Waals surface area contributed by atoms with Crippen molar-refractivity contribution >= 4 is 55.1 Å². The third-order valence-electron chi connectivity index (χ3n) is 9.62. The van der Waals surface area contributed by atoms with E-state index in [2.05, 4.69) is 119 Å². The van der Waals surface area contributed by atoms with Crippen molar-refractivity contribution in [3.8, 4) is 53.4 Å². The van der Waals surface area contributed by atoms with Crippen molar-refractivity contribution in [1.29, 1.82) is 5.41 Å². The van der Waals surface area contributed by atoms with E-state index < -0.39 is 17.6 Å². The van der Waals surface area contributed by atoms with Gasteiger partial charge in [-0.3, -0.25) is 20.4 Å². The Kier molecular flexibility index (Phi) is 18.1. The Bertz CT molecular complexity index is 2540. The first-order valence-electron chi connectivity index (χ1n) is 19.8. The van der Waals surface area contributed by atoms with Crippen LogP contribution < -0.4 is 0 Å². The summed E-state index contributed by atoms with van der Waals surface area (Å²) in [6.07, 6.45) is 8.50. The quantitative estimate of drug-likeness (QED) is 0.0666. The van der Waals surface area contributed by atoms with Crippen LogP contribution in [0.3, 0.4) is 0 Å². The van der Waals surface area contributed by atoms with Gasteiger partial charge in [-0.2, -0.15) is 13.2 Å². The molecule has 0 saturated carbocycles. The number of hydrogen-bond donors (Lipinski definition) is 1. The van der Waals surface area contributed by atoms with Crippen LogP contribution in [-0.4, -0.2) is 31.8 Å². The van der Waals surface area contributed by atoms with Crippen LogP contribution in [0, 0.1) is 12.3 Å². The van der Waals surface area contributed by atoms with Crippen LogP contribution in [0.1, 0.15) is 73.7 Å². The van der Waals surface area contributed by atoms with Crippen molar-refractivity contribution in [2.45, 2.75) is 78.8 Å². The Morgan fingerprint density at radius 2 is 1.34 bits per heavy atom. The standard InChI is InChI=1S/C28H25N3S2.C19H21F3N3S.ClH.Ru/c1-4-19-10-12-29-22(14-19)24-15-20(5-2)16-25(31-24)23-17-21(11-13-30-23)26-8-9-28(33-26)27-7-6-18(3)32-27;1-2-3-4-5-6-13-8-10-26-18(13)14-7-9-25-16(11-14)15(23)12-17(24)19(20,21)22;;/h6-17H,4-5H2,1-3H3;7-12,23-24H,2-6H2,1H3;1H;/q;-1;;+2/p-1/b;15-12-,24-17?;;. The van der Waals surface area contributed by atoms with Gasteiger partial charge in [-0.05, 0) is 151 Å². The third-order valence-corrected chi connectivity index (χ3v) is 13.0. The van der Waals surface area contributed by atoms with E-state index in [9.17, 15) is 13.2 Å². The molecule has 7 heterocycles. The van der Waals surface area contributed by atoms with Crippen LogP contribution in [0.2, 0.25) is 0 Å². The Labute approximate surface area is 382 Å². The summed E-state index contributed by atoms with van der Waals surface area (Å²) in [7, 11) is 4.57. The number of nitrogens with one attached hydrogen (secondary N) is 2. The van der Waals surface area contributed by atoms with E-state index in [0.717, 1.165) is 58.9 Å². The molecule has 0 spiro atoms. The summed E-state index contributed by atoms with van der Waals surface area (Å²) in [6.45, 7) is 8.64. The van der Waals surface area contributed by atoms with E-state index in [0.29, 0.717) is 6.08 Å². The number of allylic oxidation sites excluding steroid dienone is 1. The van der Waals surface area contributed by atoms with Gasteiger partial charge < -0.3 is 5.73 Å². The monoisotopic (exact) mass is 984 g/mol. The molecule has 0 atom stereocenters. The summed E-state index contributed by atoms with van der Waals surface area (Å²) < 4.78 is 37.4. The van der Waals surface area contributed by atoms with Crippen LogP contribution in [0.5, 0.6) is 0 Å². The van der Waals surface area contributed by atoms with Crippen molar-refractivity contribution in [2.24, 2.45) is 0 Å². The number of thiophene rings is 3. The molecule has 0 aromatic carbocycles. The number of pyridine rings is 4. The van der Waals surface area contributed by atoms with Crippen molar-refractivity contribution in [3.05, 3.63) is 142 Å². The molecule has 0 aliphatic heterocycles. The first kappa shape index (κ1) is 47.7. The number of unbranched alkanes of at least 4 members (excludes halogenated alkanes) is 3. The van der Waals surface area contributed by atoms with Crippen LogP contribution >= 0.6 is 43.7 Å². The average molecular weight is 985 g/mol. The summed E-state index contributed by atoms with van der Waals surface area (Å²) in [5, 5.41) is 9.01. The fourth-order valence-corrected chi connectivity index (χ4v) is 9.26. The maximum absolute atomic E-state index is 12.5. The molecule has 0 aliphatic carbocycles. The number of aryl methyl sites for hydroxylation is 4. The molecule has 2 N–H and O–H groups in total. The number of halogens is 4. The molecule has 7 aromatic heterocycles. The molecule has 0 fully saturated rings. The van der Waals surface area contributed by atoms with E-state index in [-0.39, 0.29) is 5.69 Å². The van der Waals surface area contributed by atoms with Crippen molar-refractivity contribution in [3.63, 3.8) is 0 Å². The van der Waals surface area contributed by atoms with Crippen LogP contribution in [-0.2, 0) is 36.6 Å². The molecule has 0 aliphatic rings. The van der Waals surface area contributed by atoms with E-state index >= 15 is 0 Å². The second kappa shape index (κ2) is 23.2. The molecule has 0 saturated heterocycles. The molecule has 0 amide bonds. The van der Waals surface area contributed by atoms with Gasteiger partial charge in [0, 0.05) is 48.7 Å². The first-order chi connectivity index (χ1) is 29.4. The van der Waals surface area contributed by atoms with Gasteiger partial charge in [0.25, 0.3) is 0 Å². The fraction of sp³-hybridized carbons (Fsp3) is 0.255. The van der Waals surface area contributed by atoms with Gasteiger partial charge in [-0.25, -0.2) is 4.98 Å². The van der Waals surface area contributed by atoms with Gasteiger partial charge in [0.05, 0.1) is 22.8 Å². The topological polar surface area (TPSA) is 99.2 Å². The third kappa shape index (κ3) is 13.3. The van der Waals surface area contributed by atoms with Crippen molar-refractivity contribution < 1.29 is 30.5 Å². The van der Waals surface area contributed by atoms with Gasteiger partial charge in [0.1, 0.15) is 5.71 Å². The zero-order chi connectivity index (χ0) is 43.9. The molecule has 0 bridgehead atoms. The van der Waals surface area contributed by atoms with E-state index in [1.54, 1.807) is 23.5 Å². The number of rotatable bonds is 14. The molecule has 14 heteroatoms. The Morgan fingerprint density at radius 1 is 0.721 bits per heavy atom. The van der Waals surface area contributed by atoms with E-state index in [1.807, 2.05) is 57.8 Å². The molecule has 7 rings (SSSR count). The number of hydrogen-bond acceptors (Lipinski definition) is 8.